The van der Waals surface area contributed by atoms with Crippen LogP contribution in [0.3, 0.4) is 0 Å². The third kappa shape index (κ3) is 19.6. The third-order valence-electron chi connectivity index (χ3n) is 14.0. The Bertz CT molecular complexity index is 2240. The van der Waals surface area contributed by atoms with E-state index in [0.29, 0.717) is 64.2 Å². The summed E-state index contributed by atoms with van der Waals surface area (Å²) >= 11 is 0. The Morgan fingerprint density at radius 2 is 0.397 bits per heavy atom. The normalized spacial score (nSPS) is 23.6. The first-order valence-electron chi connectivity index (χ1n) is 25.5. The molecular formula is C58H64O20. The summed E-state index contributed by atoms with van der Waals surface area (Å²) in [5.74, 6) is -9.45. The Morgan fingerprint density at radius 1 is 0.256 bits per heavy atom. The molecule has 0 bridgehead atoms. The fourth-order valence-corrected chi connectivity index (χ4v) is 8.46. The van der Waals surface area contributed by atoms with Crippen LogP contribution in [0.2, 0.25) is 0 Å². The first-order valence-corrected chi connectivity index (χ1v) is 25.5. The summed E-state index contributed by atoms with van der Waals surface area (Å²) in [5, 5.41) is 50.0. The van der Waals surface area contributed by atoms with Crippen LogP contribution in [0.5, 0.6) is 0 Å². The molecule has 9 rings (SSSR count). The summed E-state index contributed by atoms with van der Waals surface area (Å²) in [6, 6.07) is 38.3. The zero-order valence-electron chi connectivity index (χ0n) is 42.6. The minimum Gasteiger partial charge on any atom is -0.481 e. The molecule has 5 saturated carbocycles. The van der Waals surface area contributed by atoms with Gasteiger partial charge in [0.25, 0.3) is 0 Å². The summed E-state index contributed by atoms with van der Waals surface area (Å²) in [6.07, 6.45) is 3.84. The van der Waals surface area contributed by atoms with E-state index in [-0.39, 0.29) is 74.0 Å². The van der Waals surface area contributed by atoms with Gasteiger partial charge in [0.2, 0.25) is 0 Å². The number of ether oxygens (including phenoxy) is 4. The number of aliphatic carboxylic acids is 6. The summed E-state index contributed by atoms with van der Waals surface area (Å²) < 4.78 is 21.2. The quantitative estimate of drug-likeness (QED) is 0.0414. The van der Waals surface area contributed by atoms with Gasteiger partial charge in [-0.25, -0.2) is 0 Å². The molecule has 0 heterocycles. The van der Waals surface area contributed by atoms with Crippen LogP contribution in [0.15, 0.2) is 121 Å². The van der Waals surface area contributed by atoms with Gasteiger partial charge in [-0.1, -0.05) is 121 Å². The van der Waals surface area contributed by atoms with Crippen LogP contribution in [0, 0.1) is 59.2 Å². The van der Waals surface area contributed by atoms with Crippen molar-refractivity contribution < 1.29 is 97.5 Å². The van der Waals surface area contributed by atoms with Crippen LogP contribution < -0.4 is 0 Å². The van der Waals surface area contributed by atoms with Gasteiger partial charge in [-0.3, -0.25) is 47.9 Å². The second-order valence-electron chi connectivity index (χ2n) is 19.7. The van der Waals surface area contributed by atoms with E-state index in [1.54, 1.807) is 0 Å². The molecule has 4 aromatic carbocycles. The molecule has 0 amide bonds. The van der Waals surface area contributed by atoms with Gasteiger partial charge in [0.1, 0.15) is 26.4 Å². The van der Waals surface area contributed by atoms with Gasteiger partial charge >= 0.3 is 59.7 Å². The minimum atomic E-state index is -0.877. The highest BCUT2D eigenvalue weighted by molar-refractivity contribution is 5.82. The number of rotatable bonds is 18. The van der Waals surface area contributed by atoms with Gasteiger partial charge in [-0.15, -0.1) is 0 Å². The maximum absolute atomic E-state index is 12.0. The van der Waals surface area contributed by atoms with Crippen molar-refractivity contribution in [1.29, 1.82) is 0 Å². The topological polar surface area (TPSA) is 329 Å². The van der Waals surface area contributed by atoms with Gasteiger partial charge in [0.15, 0.2) is 0 Å². The largest absolute Gasteiger partial charge is 0.481 e. The highest BCUT2D eigenvalue weighted by Crippen LogP contribution is 2.38. The van der Waals surface area contributed by atoms with Crippen LogP contribution in [0.4, 0.5) is 0 Å². The van der Waals surface area contributed by atoms with Crippen molar-refractivity contribution in [3.63, 3.8) is 0 Å². The number of benzene rings is 4. The molecule has 0 radical (unpaired) electrons. The first-order chi connectivity index (χ1) is 37.3. The first kappa shape index (κ1) is 60.4. The summed E-state index contributed by atoms with van der Waals surface area (Å²) in [4.78, 5) is 109. The van der Waals surface area contributed by atoms with Crippen molar-refractivity contribution >= 4 is 59.7 Å². The smallest absolute Gasteiger partial charge is 0.309 e. The maximum Gasteiger partial charge on any atom is 0.309 e. The molecule has 0 saturated heterocycles. The number of carboxylic acids is 6. The van der Waals surface area contributed by atoms with Crippen molar-refractivity contribution in [1.82, 2.24) is 0 Å². The Kier molecular flexibility index (Phi) is 23.5. The molecule has 0 aliphatic heterocycles. The fraction of sp³-hybridized carbons (Fsp3) is 0.414. The van der Waals surface area contributed by atoms with Crippen LogP contribution in [-0.4, -0.2) is 90.3 Å². The Hall–Kier alpha value is -8.42. The fourth-order valence-electron chi connectivity index (χ4n) is 8.46. The van der Waals surface area contributed by atoms with Gasteiger partial charge in [-0.2, -0.15) is 0 Å². The molecule has 0 atom stereocenters. The molecule has 5 fully saturated rings. The molecule has 5 aliphatic carbocycles. The second kappa shape index (κ2) is 30.4. The zero-order valence-corrected chi connectivity index (χ0v) is 42.6. The average molecular weight is 1080 g/mol. The lowest BCUT2D eigenvalue weighted by atomic mass is 9.75. The monoisotopic (exact) mass is 1080 g/mol. The number of hydrogen-bond acceptors (Lipinski definition) is 14. The number of esters is 4. The lowest BCUT2D eigenvalue weighted by Crippen LogP contribution is -2.37. The van der Waals surface area contributed by atoms with E-state index in [9.17, 15) is 47.9 Å². The van der Waals surface area contributed by atoms with Crippen molar-refractivity contribution in [2.45, 2.75) is 90.6 Å². The SMILES string of the molecule is O=C(O)C1CC(C(=O)O)C1.O=C(O)C1CC(C(=O)O)C1.O=C(O)C1CC(C(=O)O)C1.O=C(OCc1ccccc1)C1CC(C(=O)OCc2ccccc2)C1.O=C(OCc1ccccc1)C1CC(C(=O)OCc2ccccc2)C1. The molecule has 4 aromatic rings. The van der Waals surface area contributed by atoms with Crippen LogP contribution in [0.25, 0.3) is 0 Å². The number of hydrogen-bond donors (Lipinski definition) is 6. The summed E-state index contributed by atoms with van der Waals surface area (Å²) in [5.41, 5.74) is 3.85. The molecule has 0 aromatic heterocycles. The highest BCUT2D eigenvalue weighted by atomic mass is 16.5. The molecule has 0 spiro atoms. The van der Waals surface area contributed by atoms with E-state index in [4.69, 9.17) is 49.6 Å². The van der Waals surface area contributed by atoms with Crippen LogP contribution >= 0.6 is 0 Å². The molecular weight excluding hydrogens is 1020 g/mol. The Morgan fingerprint density at radius 3 is 0.538 bits per heavy atom. The molecule has 78 heavy (non-hydrogen) atoms. The van der Waals surface area contributed by atoms with Crippen molar-refractivity contribution in [3.05, 3.63) is 144 Å². The number of carbonyl (C=O) groups excluding carboxylic acids is 4. The van der Waals surface area contributed by atoms with E-state index in [1.165, 1.54) is 0 Å². The molecule has 20 nitrogen and oxygen atoms in total. The van der Waals surface area contributed by atoms with Gasteiger partial charge < -0.3 is 49.6 Å². The standard InChI is InChI=1S/2C20H20O4.3C6H8O4/c2*21-19(23-13-15-7-3-1-4-8-15)17-11-18(12-17)20(22)24-14-16-9-5-2-6-10-16;3*7-5(8)3-1-4(2-3)6(9)10/h2*1-10,17-18H,11-14H2;3*3-4H,1-2H2,(H,7,8)(H,9,10). The Balaban J connectivity index is 0.000000192. The predicted molar refractivity (Wildman–Crippen MR) is 272 cm³/mol. The maximum atomic E-state index is 12.0. The van der Waals surface area contributed by atoms with Crippen molar-refractivity contribution in [2.75, 3.05) is 0 Å². The lowest BCUT2D eigenvalue weighted by Gasteiger charge is -2.31. The molecule has 416 valence electrons. The van der Waals surface area contributed by atoms with Crippen molar-refractivity contribution in [3.8, 4) is 0 Å². The minimum absolute atomic E-state index is 0.192. The zero-order chi connectivity index (χ0) is 56.7. The lowest BCUT2D eigenvalue weighted by molar-refractivity contribution is -0.164. The van der Waals surface area contributed by atoms with Crippen LogP contribution in [-0.2, 0) is 93.3 Å². The van der Waals surface area contributed by atoms with E-state index >= 15 is 0 Å². The average Bonchev–Trinajstić information content (AvgIpc) is 3.34. The third-order valence-corrected chi connectivity index (χ3v) is 14.0. The number of carboxylic acid groups (broad SMARTS) is 6. The predicted octanol–water partition coefficient (Wildman–Crippen LogP) is 7.54. The summed E-state index contributed by atoms with van der Waals surface area (Å²) in [7, 11) is 0. The molecule has 6 N–H and O–H groups in total. The second-order valence-corrected chi connectivity index (χ2v) is 19.7. The van der Waals surface area contributed by atoms with Crippen LogP contribution in [0.1, 0.15) is 86.5 Å². The van der Waals surface area contributed by atoms with Gasteiger partial charge in [-0.05, 0) is 86.5 Å². The van der Waals surface area contributed by atoms with Gasteiger partial charge in [0.05, 0.1) is 59.2 Å². The van der Waals surface area contributed by atoms with Gasteiger partial charge in [0, 0.05) is 0 Å². The van der Waals surface area contributed by atoms with E-state index < -0.39 is 71.3 Å². The van der Waals surface area contributed by atoms with E-state index in [0.717, 1.165) is 22.3 Å². The molecule has 0 unspecified atom stereocenters. The molecule has 20 heteroatoms. The summed E-state index contributed by atoms with van der Waals surface area (Å²) in [6.45, 7) is 1.11. The molecule has 5 aliphatic rings. The highest BCUT2D eigenvalue weighted by Gasteiger charge is 2.43. The number of carbonyl (C=O) groups is 10. The Labute approximate surface area is 449 Å². The van der Waals surface area contributed by atoms with Crippen molar-refractivity contribution in [2.24, 2.45) is 59.2 Å². The van der Waals surface area contributed by atoms with E-state index in [1.807, 2.05) is 121 Å². The van der Waals surface area contributed by atoms with E-state index in [2.05, 4.69) is 0 Å².